The molecule has 6 nitrogen and oxygen atoms in total. The number of carbonyl (C=O) groups is 1. The number of hydrogen-bond donors (Lipinski definition) is 2. The molecule has 7 heteroatoms. The maximum atomic E-state index is 12.3. The van der Waals surface area contributed by atoms with Gasteiger partial charge in [-0.1, -0.05) is 25.4 Å². The van der Waals surface area contributed by atoms with Gasteiger partial charge in [0.05, 0.1) is 11.6 Å². The summed E-state index contributed by atoms with van der Waals surface area (Å²) in [5.74, 6) is 0.622. The molecule has 2 rings (SSSR count). The standard InChI is InChI=1S/C14H17ClN4O2/c1-8(2)11(12-16-4-5-19(12)3)18-13(20)9-6-10(15)14(21)17-7-9/h4-8,11H,1-3H3,(H,17,21)(H,18,20). The fourth-order valence-corrected chi connectivity index (χ4v) is 2.19. The van der Waals surface area contributed by atoms with Crippen molar-refractivity contribution in [1.29, 1.82) is 0 Å². The lowest BCUT2D eigenvalue weighted by molar-refractivity contribution is 0.0922. The van der Waals surface area contributed by atoms with Gasteiger partial charge in [-0.2, -0.15) is 0 Å². The third-order valence-electron chi connectivity index (χ3n) is 3.21. The molecule has 0 aromatic carbocycles. The summed E-state index contributed by atoms with van der Waals surface area (Å²) in [6.07, 6.45) is 4.86. The Hall–Kier alpha value is -2.08. The number of nitrogens with zero attached hydrogens (tertiary/aromatic N) is 2. The molecule has 0 aliphatic heterocycles. The van der Waals surface area contributed by atoms with Gasteiger partial charge in [-0.3, -0.25) is 9.59 Å². The number of aryl methyl sites for hydroxylation is 1. The number of pyridine rings is 1. The first-order chi connectivity index (χ1) is 9.90. The molecule has 0 aliphatic rings. The van der Waals surface area contributed by atoms with Crippen molar-refractivity contribution in [3.05, 3.63) is 51.4 Å². The summed E-state index contributed by atoms with van der Waals surface area (Å²) >= 11 is 5.74. The van der Waals surface area contributed by atoms with E-state index in [-0.39, 0.29) is 22.9 Å². The highest BCUT2D eigenvalue weighted by molar-refractivity contribution is 6.30. The van der Waals surface area contributed by atoms with Gasteiger partial charge in [0, 0.05) is 25.6 Å². The number of nitrogens with one attached hydrogen (secondary N) is 2. The second kappa shape index (κ2) is 6.13. The fraction of sp³-hybridized carbons (Fsp3) is 0.357. The Morgan fingerprint density at radius 1 is 1.48 bits per heavy atom. The first-order valence-electron chi connectivity index (χ1n) is 6.56. The van der Waals surface area contributed by atoms with Crippen LogP contribution < -0.4 is 10.9 Å². The lowest BCUT2D eigenvalue weighted by atomic mass is 10.0. The zero-order valence-corrected chi connectivity index (χ0v) is 12.8. The van der Waals surface area contributed by atoms with Crippen LogP contribution in [-0.4, -0.2) is 20.4 Å². The Bertz CT molecular complexity index is 705. The second-order valence-corrected chi connectivity index (χ2v) is 5.56. The van der Waals surface area contributed by atoms with E-state index < -0.39 is 5.56 Å². The maximum Gasteiger partial charge on any atom is 0.266 e. The smallest absolute Gasteiger partial charge is 0.266 e. The van der Waals surface area contributed by atoms with Gasteiger partial charge in [0.1, 0.15) is 10.8 Å². The summed E-state index contributed by atoms with van der Waals surface area (Å²) in [6, 6.07) is 1.12. The third kappa shape index (κ3) is 3.33. The molecule has 2 N–H and O–H groups in total. The Kier molecular flexibility index (Phi) is 4.47. The van der Waals surface area contributed by atoms with Gasteiger partial charge >= 0.3 is 0 Å². The number of halogens is 1. The van der Waals surface area contributed by atoms with Crippen molar-refractivity contribution >= 4 is 17.5 Å². The Labute approximate surface area is 127 Å². The van der Waals surface area contributed by atoms with Crippen molar-refractivity contribution < 1.29 is 4.79 Å². The summed E-state index contributed by atoms with van der Waals surface area (Å²) in [5.41, 5.74) is -0.114. The average Bonchev–Trinajstić information content (AvgIpc) is 2.84. The van der Waals surface area contributed by atoms with E-state index >= 15 is 0 Å². The van der Waals surface area contributed by atoms with Crippen LogP contribution in [0.1, 0.15) is 36.1 Å². The third-order valence-corrected chi connectivity index (χ3v) is 3.49. The van der Waals surface area contributed by atoms with E-state index in [0.29, 0.717) is 5.56 Å². The predicted octanol–water partition coefficient (Wildman–Crippen LogP) is 1.89. The summed E-state index contributed by atoms with van der Waals surface area (Å²) in [4.78, 5) is 30.2. The van der Waals surface area contributed by atoms with E-state index in [4.69, 9.17) is 11.6 Å². The number of aromatic nitrogens is 3. The van der Waals surface area contributed by atoms with E-state index in [0.717, 1.165) is 5.82 Å². The van der Waals surface area contributed by atoms with E-state index in [1.54, 1.807) is 6.20 Å². The molecular formula is C14H17ClN4O2. The minimum Gasteiger partial charge on any atom is -0.342 e. The SMILES string of the molecule is CC(C)C(NC(=O)c1c[nH]c(=O)c(Cl)c1)c1nccn1C. The number of imidazole rings is 1. The normalized spacial score (nSPS) is 12.4. The zero-order chi connectivity index (χ0) is 15.6. The highest BCUT2D eigenvalue weighted by atomic mass is 35.5. The van der Waals surface area contributed by atoms with Gasteiger partial charge in [-0.25, -0.2) is 4.98 Å². The molecule has 1 atom stereocenters. The molecule has 1 unspecified atom stereocenters. The summed E-state index contributed by atoms with van der Waals surface area (Å²) in [6.45, 7) is 4.00. The minimum atomic E-state index is -0.419. The van der Waals surface area contributed by atoms with Crippen molar-refractivity contribution in [2.24, 2.45) is 13.0 Å². The van der Waals surface area contributed by atoms with Crippen LogP contribution >= 0.6 is 11.6 Å². The summed E-state index contributed by atoms with van der Waals surface area (Å²) in [7, 11) is 1.88. The van der Waals surface area contributed by atoms with Crippen LogP contribution in [-0.2, 0) is 7.05 Å². The van der Waals surface area contributed by atoms with Gasteiger partial charge in [-0.05, 0) is 12.0 Å². The van der Waals surface area contributed by atoms with Crippen LogP contribution in [0.3, 0.4) is 0 Å². The fourth-order valence-electron chi connectivity index (χ4n) is 2.02. The molecule has 0 saturated heterocycles. The summed E-state index contributed by atoms with van der Waals surface area (Å²) < 4.78 is 1.87. The van der Waals surface area contributed by atoms with Crippen molar-refractivity contribution in [2.75, 3.05) is 0 Å². The van der Waals surface area contributed by atoms with Gasteiger partial charge < -0.3 is 14.9 Å². The van der Waals surface area contributed by atoms with E-state index in [2.05, 4.69) is 15.3 Å². The Balaban J connectivity index is 2.25. The van der Waals surface area contributed by atoms with Crippen molar-refractivity contribution in [1.82, 2.24) is 19.9 Å². The van der Waals surface area contributed by atoms with E-state index in [9.17, 15) is 9.59 Å². The molecule has 1 amide bonds. The van der Waals surface area contributed by atoms with Gasteiger partial charge in [-0.15, -0.1) is 0 Å². The van der Waals surface area contributed by atoms with Crippen LogP contribution in [0, 0.1) is 5.92 Å². The van der Waals surface area contributed by atoms with Gasteiger partial charge in [0.25, 0.3) is 11.5 Å². The van der Waals surface area contributed by atoms with Crippen LogP contribution in [0.2, 0.25) is 5.02 Å². The number of rotatable bonds is 4. The molecule has 2 aromatic rings. The first kappa shape index (κ1) is 15.3. The Morgan fingerprint density at radius 2 is 2.19 bits per heavy atom. The van der Waals surface area contributed by atoms with Crippen LogP contribution in [0.4, 0.5) is 0 Å². The molecule has 2 heterocycles. The molecule has 21 heavy (non-hydrogen) atoms. The molecule has 0 bridgehead atoms. The average molecular weight is 309 g/mol. The molecule has 0 fully saturated rings. The largest absolute Gasteiger partial charge is 0.342 e. The molecule has 112 valence electrons. The predicted molar refractivity (Wildman–Crippen MR) is 80.3 cm³/mol. The summed E-state index contributed by atoms with van der Waals surface area (Å²) in [5, 5.41) is 2.91. The number of H-pyrrole nitrogens is 1. The number of amides is 1. The lowest BCUT2D eigenvalue weighted by Gasteiger charge is -2.22. The quantitative estimate of drug-likeness (QED) is 0.905. The number of carbonyl (C=O) groups excluding carboxylic acids is 1. The van der Waals surface area contributed by atoms with Crippen molar-refractivity contribution in [3.8, 4) is 0 Å². The molecular weight excluding hydrogens is 292 g/mol. The second-order valence-electron chi connectivity index (χ2n) is 5.16. The van der Waals surface area contributed by atoms with Gasteiger partial charge in [0.2, 0.25) is 0 Å². The number of hydrogen-bond acceptors (Lipinski definition) is 3. The van der Waals surface area contributed by atoms with Crippen molar-refractivity contribution in [3.63, 3.8) is 0 Å². The maximum absolute atomic E-state index is 12.3. The Morgan fingerprint density at radius 3 is 2.71 bits per heavy atom. The molecule has 0 radical (unpaired) electrons. The van der Waals surface area contributed by atoms with Crippen molar-refractivity contribution in [2.45, 2.75) is 19.9 Å². The molecule has 2 aromatic heterocycles. The van der Waals surface area contributed by atoms with Crippen LogP contribution in [0.5, 0.6) is 0 Å². The number of aromatic amines is 1. The topological polar surface area (TPSA) is 79.8 Å². The zero-order valence-electron chi connectivity index (χ0n) is 12.1. The molecule has 0 spiro atoms. The lowest BCUT2D eigenvalue weighted by Crippen LogP contribution is -2.33. The molecule has 0 saturated carbocycles. The highest BCUT2D eigenvalue weighted by Gasteiger charge is 2.22. The molecule has 0 aliphatic carbocycles. The van der Waals surface area contributed by atoms with Crippen LogP contribution in [0.25, 0.3) is 0 Å². The van der Waals surface area contributed by atoms with E-state index in [1.807, 2.05) is 31.7 Å². The first-order valence-corrected chi connectivity index (χ1v) is 6.94. The van der Waals surface area contributed by atoms with E-state index in [1.165, 1.54) is 12.3 Å². The van der Waals surface area contributed by atoms with Crippen LogP contribution in [0.15, 0.2) is 29.5 Å². The highest BCUT2D eigenvalue weighted by Crippen LogP contribution is 2.20. The monoisotopic (exact) mass is 308 g/mol. The van der Waals surface area contributed by atoms with Gasteiger partial charge in [0.15, 0.2) is 0 Å². The minimum absolute atomic E-state index is 0.0132.